The van der Waals surface area contributed by atoms with Crippen molar-refractivity contribution in [3.05, 3.63) is 72.6 Å². The number of nitrogens with two attached hydrogens (primary N) is 1. The van der Waals surface area contributed by atoms with E-state index in [2.05, 4.69) is 34.3 Å². The van der Waals surface area contributed by atoms with E-state index in [1.807, 2.05) is 42.5 Å². The molecular weight excluding hydrogens is 272 g/mol. The van der Waals surface area contributed by atoms with Gasteiger partial charge in [0.05, 0.1) is 6.04 Å². The van der Waals surface area contributed by atoms with Gasteiger partial charge in [-0.2, -0.15) is 0 Å². The van der Waals surface area contributed by atoms with E-state index >= 15 is 0 Å². The molecule has 0 saturated heterocycles. The topological polar surface area (TPSA) is 63.8 Å². The number of aromatic nitrogens is 2. The van der Waals surface area contributed by atoms with Crippen molar-refractivity contribution in [2.45, 2.75) is 13.0 Å². The first-order chi connectivity index (χ1) is 10.7. The first-order valence-electron chi connectivity index (χ1n) is 7.22. The summed E-state index contributed by atoms with van der Waals surface area (Å²) in [5, 5.41) is 3.44. The Bertz CT molecular complexity index is 739. The number of nitrogens with one attached hydrogen (secondary N) is 1. The quantitative estimate of drug-likeness (QED) is 0.715. The van der Waals surface area contributed by atoms with E-state index < -0.39 is 0 Å². The van der Waals surface area contributed by atoms with Crippen LogP contribution in [0.5, 0.6) is 0 Å². The molecule has 0 aliphatic heterocycles. The molecule has 0 radical (unpaired) electrons. The van der Waals surface area contributed by atoms with E-state index in [1.165, 1.54) is 5.56 Å². The molecule has 110 valence electrons. The van der Waals surface area contributed by atoms with Gasteiger partial charge in [-0.1, -0.05) is 42.5 Å². The number of hydrogen-bond acceptors (Lipinski definition) is 4. The summed E-state index contributed by atoms with van der Waals surface area (Å²) in [5.41, 5.74) is 9.50. The van der Waals surface area contributed by atoms with Crippen LogP contribution >= 0.6 is 0 Å². The molecule has 0 saturated carbocycles. The molecule has 0 spiro atoms. The smallest absolute Gasteiger partial charge is 0.153 e. The molecule has 3 rings (SSSR count). The average molecular weight is 290 g/mol. The van der Waals surface area contributed by atoms with Crippen LogP contribution in [0.4, 0.5) is 11.5 Å². The van der Waals surface area contributed by atoms with Crippen LogP contribution in [0.15, 0.2) is 67.0 Å². The zero-order valence-electron chi connectivity index (χ0n) is 12.4. The van der Waals surface area contributed by atoms with Crippen molar-refractivity contribution in [1.82, 2.24) is 9.97 Å². The monoisotopic (exact) mass is 290 g/mol. The Kier molecular flexibility index (Phi) is 4.01. The lowest BCUT2D eigenvalue weighted by Gasteiger charge is -2.17. The van der Waals surface area contributed by atoms with Crippen molar-refractivity contribution >= 4 is 11.5 Å². The Hall–Kier alpha value is -2.88. The molecule has 3 aromatic rings. The van der Waals surface area contributed by atoms with E-state index in [4.69, 9.17) is 5.73 Å². The van der Waals surface area contributed by atoms with Crippen molar-refractivity contribution in [1.29, 1.82) is 0 Å². The SMILES string of the molecule is C[C@H](Nc1nccnc1-c1ccc(N)cc1)c1ccccc1. The van der Waals surface area contributed by atoms with Crippen LogP contribution in [-0.4, -0.2) is 9.97 Å². The lowest BCUT2D eigenvalue weighted by Crippen LogP contribution is -2.09. The van der Waals surface area contributed by atoms with Crippen molar-refractivity contribution < 1.29 is 0 Å². The van der Waals surface area contributed by atoms with Gasteiger partial charge >= 0.3 is 0 Å². The molecule has 0 aliphatic rings. The second kappa shape index (κ2) is 6.26. The van der Waals surface area contributed by atoms with E-state index in [0.29, 0.717) is 0 Å². The number of nitrogen functional groups attached to an aromatic ring is 1. The lowest BCUT2D eigenvalue weighted by atomic mass is 10.1. The third-order valence-corrected chi connectivity index (χ3v) is 3.54. The zero-order chi connectivity index (χ0) is 15.4. The second-order valence-corrected chi connectivity index (χ2v) is 5.15. The summed E-state index contributed by atoms with van der Waals surface area (Å²) in [6.45, 7) is 2.11. The molecule has 4 heteroatoms. The highest BCUT2D eigenvalue weighted by molar-refractivity contribution is 5.72. The largest absolute Gasteiger partial charge is 0.399 e. The first-order valence-corrected chi connectivity index (χ1v) is 7.22. The maximum atomic E-state index is 5.75. The molecule has 1 heterocycles. The summed E-state index contributed by atoms with van der Waals surface area (Å²) in [4.78, 5) is 8.90. The van der Waals surface area contributed by atoms with Crippen LogP contribution < -0.4 is 11.1 Å². The predicted molar refractivity (Wildman–Crippen MR) is 90.4 cm³/mol. The predicted octanol–water partition coefficient (Wildman–Crippen LogP) is 3.90. The third-order valence-electron chi connectivity index (χ3n) is 3.54. The van der Waals surface area contributed by atoms with Crippen LogP contribution in [0, 0.1) is 0 Å². The summed E-state index contributed by atoms with van der Waals surface area (Å²) in [5.74, 6) is 0.767. The Morgan fingerprint density at radius 1 is 0.909 bits per heavy atom. The van der Waals surface area contributed by atoms with Gasteiger partial charge in [0.1, 0.15) is 5.69 Å². The van der Waals surface area contributed by atoms with E-state index in [1.54, 1.807) is 12.4 Å². The number of nitrogens with zero attached hydrogens (tertiary/aromatic N) is 2. The molecule has 4 nitrogen and oxygen atoms in total. The van der Waals surface area contributed by atoms with Gasteiger partial charge in [0.25, 0.3) is 0 Å². The summed E-state index contributed by atoms with van der Waals surface area (Å²) in [7, 11) is 0. The van der Waals surface area contributed by atoms with Gasteiger partial charge in [-0.3, -0.25) is 4.98 Å². The molecule has 0 amide bonds. The average Bonchev–Trinajstić information content (AvgIpc) is 2.57. The van der Waals surface area contributed by atoms with Crippen molar-refractivity contribution in [2.24, 2.45) is 0 Å². The second-order valence-electron chi connectivity index (χ2n) is 5.15. The zero-order valence-corrected chi connectivity index (χ0v) is 12.4. The molecule has 1 atom stereocenters. The lowest BCUT2D eigenvalue weighted by molar-refractivity contribution is 0.872. The minimum Gasteiger partial charge on any atom is -0.399 e. The standard InChI is InChI=1S/C18H18N4/c1-13(14-5-3-2-4-6-14)22-18-17(20-11-12-21-18)15-7-9-16(19)10-8-15/h2-13H,19H2,1H3,(H,21,22)/t13-/m0/s1. The minimum absolute atomic E-state index is 0.144. The fraction of sp³-hybridized carbons (Fsp3) is 0.111. The van der Waals surface area contributed by atoms with Gasteiger partial charge in [-0.25, -0.2) is 4.98 Å². The van der Waals surface area contributed by atoms with E-state index in [-0.39, 0.29) is 6.04 Å². The minimum atomic E-state index is 0.144. The molecule has 0 aliphatic carbocycles. The Morgan fingerprint density at radius 2 is 1.59 bits per heavy atom. The molecule has 2 aromatic carbocycles. The van der Waals surface area contributed by atoms with Gasteiger partial charge in [-0.15, -0.1) is 0 Å². The Labute approximate surface area is 130 Å². The number of benzene rings is 2. The van der Waals surface area contributed by atoms with Gasteiger partial charge in [0, 0.05) is 23.6 Å². The highest BCUT2D eigenvalue weighted by Gasteiger charge is 2.11. The molecule has 0 unspecified atom stereocenters. The third kappa shape index (κ3) is 3.06. The van der Waals surface area contributed by atoms with Crippen LogP contribution in [-0.2, 0) is 0 Å². The summed E-state index contributed by atoms with van der Waals surface area (Å²) in [6.07, 6.45) is 3.39. The fourth-order valence-electron chi connectivity index (χ4n) is 2.33. The number of hydrogen-bond donors (Lipinski definition) is 2. The van der Waals surface area contributed by atoms with Crippen LogP contribution in [0.3, 0.4) is 0 Å². The van der Waals surface area contributed by atoms with Gasteiger partial charge in [-0.05, 0) is 24.6 Å². The van der Waals surface area contributed by atoms with Crippen molar-refractivity contribution in [3.8, 4) is 11.3 Å². The van der Waals surface area contributed by atoms with Crippen LogP contribution in [0.1, 0.15) is 18.5 Å². The summed E-state index contributed by atoms with van der Waals surface area (Å²) in [6, 6.07) is 18.1. The number of rotatable bonds is 4. The Morgan fingerprint density at radius 3 is 2.32 bits per heavy atom. The van der Waals surface area contributed by atoms with Crippen LogP contribution in [0.2, 0.25) is 0 Å². The Balaban J connectivity index is 1.90. The maximum absolute atomic E-state index is 5.75. The molecular formula is C18H18N4. The van der Waals surface area contributed by atoms with E-state index in [9.17, 15) is 0 Å². The first kappa shape index (κ1) is 14.1. The summed E-state index contributed by atoms with van der Waals surface area (Å²) >= 11 is 0. The van der Waals surface area contributed by atoms with Crippen LogP contribution in [0.25, 0.3) is 11.3 Å². The van der Waals surface area contributed by atoms with E-state index in [0.717, 1.165) is 22.8 Å². The normalized spacial score (nSPS) is 11.9. The van der Waals surface area contributed by atoms with Crippen molar-refractivity contribution in [3.63, 3.8) is 0 Å². The number of anilines is 2. The highest BCUT2D eigenvalue weighted by atomic mass is 15.0. The molecule has 0 bridgehead atoms. The summed E-state index contributed by atoms with van der Waals surface area (Å²) < 4.78 is 0. The molecule has 1 aromatic heterocycles. The van der Waals surface area contributed by atoms with Gasteiger partial charge < -0.3 is 11.1 Å². The maximum Gasteiger partial charge on any atom is 0.153 e. The fourth-order valence-corrected chi connectivity index (χ4v) is 2.33. The molecule has 0 fully saturated rings. The van der Waals surface area contributed by atoms with Gasteiger partial charge in [0.15, 0.2) is 5.82 Å². The molecule has 3 N–H and O–H groups in total. The van der Waals surface area contributed by atoms with Crippen molar-refractivity contribution in [2.75, 3.05) is 11.1 Å². The molecule has 22 heavy (non-hydrogen) atoms. The van der Waals surface area contributed by atoms with Gasteiger partial charge in [0.2, 0.25) is 0 Å². The highest BCUT2D eigenvalue weighted by Crippen LogP contribution is 2.27.